The number of aliphatic hydroxyl groups excluding tert-OH is 2. The molecule has 13 nitrogen and oxygen atoms in total. The van der Waals surface area contributed by atoms with Crippen LogP contribution in [-0.4, -0.2) is 96.1 Å². The van der Waals surface area contributed by atoms with Gasteiger partial charge >= 0.3 is 11.9 Å². The highest BCUT2D eigenvalue weighted by molar-refractivity contribution is 5.94. The van der Waals surface area contributed by atoms with Crippen molar-refractivity contribution < 1.29 is 53.1 Å². The van der Waals surface area contributed by atoms with Crippen LogP contribution in [0, 0.1) is 11.8 Å². The molecular weight excluding hydrogens is 648 g/mol. The van der Waals surface area contributed by atoms with E-state index in [0.717, 1.165) is 25.7 Å². The van der Waals surface area contributed by atoms with E-state index in [9.17, 15) is 24.3 Å². The van der Waals surface area contributed by atoms with E-state index in [2.05, 4.69) is 10.6 Å². The summed E-state index contributed by atoms with van der Waals surface area (Å²) in [5.74, 6) is -1.99. The number of nitrogens with one attached hydrogen (secondary N) is 2. The summed E-state index contributed by atoms with van der Waals surface area (Å²) < 4.78 is 29.8. The predicted molar refractivity (Wildman–Crippen MR) is 180 cm³/mol. The Morgan fingerprint density at radius 1 is 1.06 bits per heavy atom. The minimum atomic E-state index is -0.789. The van der Waals surface area contributed by atoms with E-state index in [1.54, 1.807) is 57.2 Å². The summed E-state index contributed by atoms with van der Waals surface area (Å²) >= 11 is 0. The van der Waals surface area contributed by atoms with Gasteiger partial charge in [0.1, 0.15) is 30.5 Å². The molecule has 4 N–H and O–H groups in total. The normalized spacial score (nSPS) is 23.4. The lowest BCUT2D eigenvalue weighted by molar-refractivity contribution is -0.209. The number of esters is 2. The van der Waals surface area contributed by atoms with Crippen molar-refractivity contribution in [3.8, 4) is 0 Å². The molecule has 4 aliphatic rings. The van der Waals surface area contributed by atoms with Crippen molar-refractivity contribution in [3.05, 3.63) is 53.3 Å². The van der Waals surface area contributed by atoms with Crippen molar-refractivity contribution >= 4 is 29.8 Å². The third-order valence-electron chi connectivity index (χ3n) is 8.99. The molecule has 3 fully saturated rings. The summed E-state index contributed by atoms with van der Waals surface area (Å²) in [5, 5.41) is 24.1. The molecule has 50 heavy (non-hydrogen) atoms. The molecule has 3 aliphatic carbocycles. The van der Waals surface area contributed by atoms with Crippen LogP contribution in [0.25, 0.3) is 6.08 Å². The Balaban J connectivity index is 1.19. The third kappa shape index (κ3) is 10.1. The Kier molecular flexibility index (Phi) is 12.4. The lowest BCUT2D eigenvalue weighted by atomic mass is 9.91. The molecule has 1 aromatic rings. The van der Waals surface area contributed by atoms with E-state index < -0.39 is 53.6 Å². The Bertz CT molecular complexity index is 1430. The van der Waals surface area contributed by atoms with Gasteiger partial charge in [0, 0.05) is 43.2 Å². The number of benzene rings is 1. The highest BCUT2D eigenvalue weighted by Gasteiger charge is 2.64. The van der Waals surface area contributed by atoms with Gasteiger partial charge in [-0.15, -0.1) is 0 Å². The third-order valence-corrected chi connectivity index (χ3v) is 8.99. The van der Waals surface area contributed by atoms with Crippen molar-refractivity contribution in [1.29, 1.82) is 0 Å². The summed E-state index contributed by atoms with van der Waals surface area (Å²) in [6.07, 6.45) is 7.24. The SMILES string of the molecule is CC(C)(C)OC(=O)CC[C@@H](CO)NC(=O)CCNC(=O)C1=C[C@H]2OC(C3CC3)(C3CC3)O[C@H]2[C@H](OC(=O)c2cccc(C=COCCO)c2)C1. The highest BCUT2D eigenvalue weighted by atomic mass is 16.8. The Hall–Kier alpha value is -3.78. The average Bonchev–Trinajstić information content (AvgIpc) is 4.02. The Labute approximate surface area is 292 Å². The molecular formula is C37H50N2O11. The van der Waals surface area contributed by atoms with E-state index in [4.69, 9.17) is 28.8 Å². The molecule has 2 amide bonds. The van der Waals surface area contributed by atoms with Crippen LogP contribution < -0.4 is 10.6 Å². The second-order valence-electron chi connectivity index (χ2n) is 14.4. The summed E-state index contributed by atoms with van der Waals surface area (Å²) in [5.41, 5.74) is 0.774. The quantitative estimate of drug-likeness (QED) is 0.107. The van der Waals surface area contributed by atoms with Crippen LogP contribution in [0.2, 0.25) is 0 Å². The molecule has 1 saturated heterocycles. The van der Waals surface area contributed by atoms with Crippen LogP contribution in [0.15, 0.2) is 42.2 Å². The van der Waals surface area contributed by atoms with Crippen LogP contribution in [0.4, 0.5) is 0 Å². The van der Waals surface area contributed by atoms with Gasteiger partial charge in [0.15, 0.2) is 5.79 Å². The van der Waals surface area contributed by atoms with Crippen molar-refractivity contribution in [2.45, 2.75) is 108 Å². The van der Waals surface area contributed by atoms with Crippen LogP contribution in [0.1, 0.15) is 88.1 Å². The predicted octanol–water partition coefficient (Wildman–Crippen LogP) is 2.93. The van der Waals surface area contributed by atoms with E-state index in [1.807, 2.05) is 0 Å². The van der Waals surface area contributed by atoms with Crippen LogP contribution >= 0.6 is 0 Å². The van der Waals surface area contributed by atoms with Crippen molar-refractivity contribution in [2.75, 3.05) is 26.4 Å². The molecule has 274 valence electrons. The standard InChI is InChI=1S/C37H50N2O11/c1-36(2,3)49-32(43)12-11-28(22-41)39-31(42)13-15-38-34(44)25-20-29(33-30(21-25)48-37(50-33,26-7-8-26)27-9-10-27)47-35(45)24-6-4-5-23(19-24)14-17-46-18-16-40/h4-6,14,17,19,21,26-30,33,40-41H,7-13,15-16,18,20,22H2,1-3H3,(H,38,44)(H,39,42)/t28-,29+,30+,33-/m0/s1. The number of fused-ring (bicyclic) bond motifs is 1. The van der Waals surface area contributed by atoms with Crippen molar-refractivity contribution in [3.63, 3.8) is 0 Å². The van der Waals surface area contributed by atoms with Gasteiger partial charge in [0.05, 0.1) is 31.1 Å². The average molecular weight is 699 g/mol. The van der Waals surface area contributed by atoms with E-state index in [-0.39, 0.29) is 69.8 Å². The second-order valence-corrected chi connectivity index (χ2v) is 14.4. The fraction of sp³-hybridized carbons (Fsp3) is 0.622. The molecule has 1 aliphatic heterocycles. The highest BCUT2D eigenvalue weighted by Crippen LogP contribution is 2.59. The molecule has 1 aromatic carbocycles. The van der Waals surface area contributed by atoms with Crippen molar-refractivity contribution in [2.24, 2.45) is 11.8 Å². The van der Waals surface area contributed by atoms with E-state index in [1.165, 1.54) is 6.26 Å². The van der Waals surface area contributed by atoms with Crippen LogP contribution in [-0.2, 0) is 38.1 Å². The fourth-order valence-corrected chi connectivity index (χ4v) is 6.39. The zero-order chi connectivity index (χ0) is 35.9. The number of hydrogen-bond donors (Lipinski definition) is 4. The first-order valence-electron chi connectivity index (χ1n) is 17.6. The number of amides is 2. The maximum absolute atomic E-state index is 13.5. The molecule has 1 heterocycles. The summed E-state index contributed by atoms with van der Waals surface area (Å²) in [6, 6.07) is 6.21. The molecule has 0 spiro atoms. The lowest BCUT2D eigenvalue weighted by Crippen LogP contribution is -2.44. The van der Waals surface area contributed by atoms with Gasteiger partial charge in [-0.3, -0.25) is 14.4 Å². The topological polar surface area (TPSA) is 179 Å². The fourth-order valence-electron chi connectivity index (χ4n) is 6.39. The smallest absolute Gasteiger partial charge is 0.338 e. The summed E-state index contributed by atoms with van der Waals surface area (Å²) in [4.78, 5) is 51.5. The monoisotopic (exact) mass is 698 g/mol. The largest absolute Gasteiger partial charge is 0.499 e. The summed E-state index contributed by atoms with van der Waals surface area (Å²) in [7, 11) is 0. The first-order chi connectivity index (χ1) is 23.9. The van der Waals surface area contributed by atoms with Crippen LogP contribution in [0.3, 0.4) is 0 Å². The van der Waals surface area contributed by atoms with E-state index in [0.29, 0.717) is 16.7 Å². The van der Waals surface area contributed by atoms with Gasteiger partial charge in [-0.25, -0.2) is 4.79 Å². The molecule has 2 saturated carbocycles. The number of ether oxygens (including phenoxy) is 5. The lowest BCUT2D eigenvalue weighted by Gasteiger charge is -2.31. The minimum Gasteiger partial charge on any atom is -0.499 e. The molecule has 13 heteroatoms. The number of aliphatic hydroxyl groups is 2. The molecule has 4 atom stereocenters. The Morgan fingerprint density at radius 3 is 2.46 bits per heavy atom. The number of carbonyl (C=O) groups is 4. The number of carbonyl (C=O) groups excluding carboxylic acids is 4. The van der Waals surface area contributed by atoms with Gasteiger partial charge in [-0.2, -0.15) is 0 Å². The number of hydrogen-bond acceptors (Lipinski definition) is 11. The van der Waals surface area contributed by atoms with Crippen molar-refractivity contribution in [1.82, 2.24) is 10.6 Å². The minimum absolute atomic E-state index is 0.0263. The van der Waals surface area contributed by atoms with Gasteiger partial charge in [-0.05, 0) is 82.7 Å². The van der Waals surface area contributed by atoms with Gasteiger partial charge in [-0.1, -0.05) is 12.1 Å². The zero-order valence-electron chi connectivity index (χ0n) is 29.1. The number of rotatable bonds is 17. The molecule has 5 rings (SSSR count). The first-order valence-corrected chi connectivity index (χ1v) is 17.6. The molecule has 0 unspecified atom stereocenters. The summed E-state index contributed by atoms with van der Waals surface area (Å²) in [6.45, 7) is 5.03. The van der Waals surface area contributed by atoms with Crippen LogP contribution in [0.5, 0.6) is 0 Å². The molecule has 0 radical (unpaired) electrons. The van der Waals surface area contributed by atoms with E-state index >= 15 is 0 Å². The maximum Gasteiger partial charge on any atom is 0.338 e. The first kappa shape index (κ1) is 37.5. The molecule has 0 aromatic heterocycles. The van der Waals surface area contributed by atoms with Gasteiger partial charge in [0.2, 0.25) is 11.8 Å². The second kappa shape index (κ2) is 16.5. The Morgan fingerprint density at radius 2 is 1.80 bits per heavy atom. The molecule has 0 bridgehead atoms. The van der Waals surface area contributed by atoms with Gasteiger partial charge < -0.3 is 44.5 Å². The maximum atomic E-state index is 13.5. The van der Waals surface area contributed by atoms with Gasteiger partial charge in [0.25, 0.3) is 0 Å². The zero-order valence-corrected chi connectivity index (χ0v) is 29.1.